The minimum atomic E-state index is -0.691. The van der Waals surface area contributed by atoms with Gasteiger partial charge in [0.05, 0.1) is 11.3 Å². The number of aromatic nitrogens is 1. The molecule has 0 saturated carbocycles. The molecule has 1 aromatic carbocycles. The zero-order valence-electron chi connectivity index (χ0n) is 8.18. The predicted molar refractivity (Wildman–Crippen MR) is 56.0 cm³/mol. The zero-order chi connectivity index (χ0) is 11.5. The highest BCUT2D eigenvalue weighted by atomic mass is 19.1. The lowest BCUT2D eigenvalue weighted by Gasteiger charge is -2.01. The van der Waals surface area contributed by atoms with Gasteiger partial charge in [-0.15, -0.1) is 0 Å². The van der Waals surface area contributed by atoms with E-state index in [9.17, 15) is 4.39 Å². The normalized spacial score (nSPS) is 9.75. The first-order valence-corrected chi connectivity index (χ1v) is 4.56. The SMILES string of the molecule is N#Cc1ccc(-c2ccc(O)c(F)c2)nc1. The van der Waals surface area contributed by atoms with E-state index in [0.29, 0.717) is 16.8 Å². The van der Waals surface area contributed by atoms with E-state index < -0.39 is 11.6 Å². The third-order valence-corrected chi connectivity index (χ3v) is 2.14. The Morgan fingerprint density at radius 2 is 2.06 bits per heavy atom. The van der Waals surface area contributed by atoms with E-state index in [1.807, 2.05) is 6.07 Å². The zero-order valence-corrected chi connectivity index (χ0v) is 8.18. The van der Waals surface area contributed by atoms with Gasteiger partial charge >= 0.3 is 0 Å². The van der Waals surface area contributed by atoms with Gasteiger partial charge < -0.3 is 5.11 Å². The molecule has 0 aliphatic rings. The molecule has 1 aromatic heterocycles. The van der Waals surface area contributed by atoms with Crippen LogP contribution in [0.3, 0.4) is 0 Å². The highest BCUT2D eigenvalue weighted by Crippen LogP contribution is 2.23. The largest absolute Gasteiger partial charge is 0.505 e. The first kappa shape index (κ1) is 10.1. The van der Waals surface area contributed by atoms with Crippen molar-refractivity contribution in [3.8, 4) is 23.1 Å². The van der Waals surface area contributed by atoms with Gasteiger partial charge in [-0.05, 0) is 30.3 Å². The molecule has 1 N–H and O–H groups in total. The topological polar surface area (TPSA) is 56.9 Å². The summed E-state index contributed by atoms with van der Waals surface area (Å²) in [5, 5.41) is 17.6. The van der Waals surface area contributed by atoms with E-state index in [0.717, 1.165) is 0 Å². The van der Waals surface area contributed by atoms with Gasteiger partial charge in [-0.2, -0.15) is 5.26 Å². The summed E-state index contributed by atoms with van der Waals surface area (Å²) in [7, 11) is 0. The summed E-state index contributed by atoms with van der Waals surface area (Å²) in [6.07, 6.45) is 1.42. The molecule has 0 radical (unpaired) electrons. The number of phenols is 1. The second-order valence-corrected chi connectivity index (χ2v) is 3.21. The summed E-state index contributed by atoms with van der Waals surface area (Å²) >= 11 is 0. The highest BCUT2D eigenvalue weighted by molar-refractivity contribution is 5.60. The summed E-state index contributed by atoms with van der Waals surface area (Å²) < 4.78 is 13.1. The molecule has 0 aliphatic heterocycles. The number of aromatic hydroxyl groups is 1. The van der Waals surface area contributed by atoms with Crippen LogP contribution in [-0.4, -0.2) is 10.1 Å². The van der Waals surface area contributed by atoms with E-state index >= 15 is 0 Å². The average Bonchev–Trinajstić information content (AvgIpc) is 2.33. The van der Waals surface area contributed by atoms with Gasteiger partial charge in [0.1, 0.15) is 6.07 Å². The lowest BCUT2D eigenvalue weighted by molar-refractivity contribution is 0.432. The minimum Gasteiger partial charge on any atom is -0.505 e. The molecule has 0 amide bonds. The second kappa shape index (κ2) is 3.99. The lowest BCUT2D eigenvalue weighted by Crippen LogP contribution is -1.86. The number of nitriles is 1. The fraction of sp³-hybridized carbons (Fsp3) is 0. The second-order valence-electron chi connectivity index (χ2n) is 3.21. The quantitative estimate of drug-likeness (QED) is 0.793. The monoisotopic (exact) mass is 214 g/mol. The summed E-state index contributed by atoms with van der Waals surface area (Å²) in [6.45, 7) is 0. The van der Waals surface area contributed by atoms with E-state index in [1.54, 1.807) is 18.2 Å². The van der Waals surface area contributed by atoms with Crippen LogP contribution in [0.1, 0.15) is 5.56 Å². The number of pyridine rings is 1. The fourth-order valence-electron chi connectivity index (χ4n) is 1.30. The van der Waals surface area contributed by atoms with E-state index in [2.05, 4.69) is 4.98 Å². The fourth-order valence-corrected chi connectivity index (χ4v) is 1.30. The Morgan fingerprint density at radius 3 is 2.62 bits per heavy atom. The standard InChI is InChI=1S/C12H7FN2O/c13-10-5-9(2-4-12(10)16)11-3-1-8(6-14)7-15-11/h1-5,7,16H. The van der Waals surface area contributed by atoms with Crippen molar-refractivity contribution < 1.29 is 9.50 Å². The van der Waals surface area contributed by atoms with Crippen LogP contribution in [0.2, 0.25) is 0 Å². The van der Waals surface area contributed by atoms with Gasteiger partial charge in [-0.25, -0.2) is 4.39 Å². The van der Waals surface area contributed by atoms with Crippen molar-refractivity contribution in [3.05, 3.63) is 47.9 Å². The van der Waals surface area contributed by atoms with Crippen molar-refractivity contribution in [2.75, 3.05) is 0 Å². The molecule has 16 heavy (non-hydrogen) atoms. The molecule has 0 bridgehead atoms. The van der Waals surface area contributed by atoms with Gasteiger partial charge in [-0.1, -0.05) is 0 Å². The van der Waals surface area contributed by atoms with Crippen LogP contribution in [0.4, 0.5) is 4.39 Å². The molecule has 0 atom stereocenters. The molecule has 0 aliphatic carbocycles. The Labute approximate surface area is 91.4 Å². The minimum absolute atomic E-state index is 0.391. The van der Waals surface area contributed by atoms with Crippen molar-refractivity contribution in [1.82, 2.24) is 4.98 Å². The molecule has 0 unspecified atom stereocenters. The summed E-state index contributed by atoms with van der Waals surface area (Å²) in [6, 6.07) is 9.21. The number of phenolic OH excluding ortho intramolecular Hbond substituents is 1. The Bertz CT molecular complexity index is 558. The number of nitrogens with zero attached hydrogens (tertiary/aromatic N) is 2. The molecular weight excluding hydrogens is 207 g/mol. The Balaban J connectivity index is 2.43. The van der Waals surface area contributed by atoms with Crippen LogP contribution < -0.4 is 0 Å². The van der Waals surface area contributed by atoms with E-state index in [1.165, 1.54) is 18.3 Å². The van der Waals surface area contributed by atoms with E-state index in [-0.39, 0.29) is 0 Å². The molecule has 2 aromatic rings. The number of rotatable bonds is 1. The maximum atomic E-state index is 13.1. The molecule has 0 spiro atoms. The van der Waals surface area contributed by atoms with Crippen LogP contribution in [0.15, 0.2) is 36.5 Å². The number of hydrogen-bond donors (Lipinski definition) is 1. The van der Waals surface area contributed by atoms with Gasteiger partial charge in [0.25, 0.3) is 0 Å². The maximum Gasteiger partial charge on any atom is 0.165 e. The highest BCUT2D eigenvalue weighted by Gasteiger charge is 2.04. The van der Waals surface area contributed by atoms with Crippen LogP contribution in [0.25, 0.3) is 11.3 Å². The summed E-state index contributed by atoms with van der Waals surface area (Å²) in [4.78, 5) is 4.02. The molecule has 2 rings (SSSR count). The summed E-state index contributed by atoms with van der Waals surface area (Å²) in [5.41, 5.74) is 1.56. The number of benzene rings is 1. The molecule has 0 fully saturated rings. The third-order valence-electron chi connectivity index (χ3n) is 2.14. The first-order valence-electron chi connectivity index (χ1n) is 4.56. The smallest absolute Gasteiger partial charge is 0.165 e. The first-order chi connectivity index (χ1) is 7.70. The van der Waals surface area contributed by atoms with E-state index in [4.69, 9.17) is 10.4 Å². The molecule has 3 nitrogen and oxygen atoms in total. The molecule has 0 saturated heterocycles. The molecule has 78 valence electrons. The van der Waals surface area contributed by atoms with Crippen molar-refractivity contribution in [2.45, 2.75) is 0 Å². The Hall–Kier alpha value is -2.41. The van der Waals surface area contributed by atoms with Crippen molar-refractivity contribution in [1.29, 1.82) is 5.26 Å². The summed E-state index contributed by atoms with van der Waals surface area (Å²) in [5.74, 6) is -1.08. The van der Waals surface area contributed by atoms with Gasteiger partial charge in [0, 0.05) is 11.8 Å². The predicted octanol–water partition coefficient (Wildman–Crippen LogP) is 2.46. The van der Waals surface area contributed by atoms with Crippen molar-refractivity contribution in [3.63, 3.8) is 0 Å². The van der Waals surface area contributed by atoms with Crippen molar-refractivity contribution >= 4 is 0 Å². The van der Waals surface area contributed by atoms with Gasteiger partial charge in [-0.3, -0.25) is 4.98 Å². The Morgan fingerprint density at radius 1 is 1.25 bits per heavy atom. The van der Waals surface area contributed by atoms with Gasteiger partial charge in [0.15, 0.2) is 11.6 Å². The molecule has 4 heteroatoms. The maximum absolute atomic E-state index is 13.1. The Kier molecular flexibility index (Phi) is 2.52. The third kappa shape index (κ3) is 1.84. The molecular formula is C12H7FN2O. The van der Waals surface area contributed by atoms with Crippen LogP contribution in [0, 0.1) is 17.1 Å². The lowest BCUT2D eigenvalue weighted by atomic mass is 10.1. The van der Waals surface area contributed by atoms with Gasteiger partial charge in [0.2, 0.25) is 0 Å². The van der Waals surface area contributed by atoms with Crippen LogP contribution in [0.5, 0.6) is 5.75 Å². The number of halogens is 1. The van der Waals surface area contributed by atoms with Crippen LogP contribution >= 0.6 is 0 Å². The molecule has 1 heterocycles. The van der Waals surface area contributed by atoms with Crippen LogP contribution in [-0.2, 0) is 0 Å². The average molecular weight is 214 g/mol. The number of hydrogen-bond acceptors (Lipinski definition) is 3. The van der Waals surface area contributed by atoms with Crippen molar-refractivity contribution in [2.24, 2.45) is 0 Å².